The average Bonchev–Trinajstić information content (AvgIpc) is 2.77. The molecule has 0 aliphatic carbocycles. The molecular weight excluding hydrogens is 420 g/mol. The van der Waals surface area contributed by atoms with Gasteiger partial charge in [-0.3, -0.25) is 4.79 Å². The van der Waals surface area contributed by atoms with E-state index in [1.807, 2.05) is 63.2 Å². The van der Waals surface area contributed by atoms with E-state index >= 15 is 0 Å². The van der Waals surface area contributed by atoms with E-state index in [2.05, 4.69) is 13.8 Å². The van der Waals surface area contributed by atoms with Crippen molar-refractivity contribution in [1.82, 2.24) is 0 Å². The van der Waals surface area contributed by atoms with Crippen LogP contribution in [0.25, 0.3) is 0 Å². The highest BCUT2D eigenvalue weighted by molar-refractivity contribution is 5.71. The molecule has 4 atom stereocenters. The third-order valence-corrected chi connectivity index (χ3v) is 6.79. The standard InChI is InChI=1S/C27H34O6/c1-6-30-19-11-12-23-20(13-19)25-22(27(4,5)33-23)14-21(26(28)29)24(32-25)15-31-18-9-7-17(8-10-18)16(2)3/h7-13,16,21-22,24-25H,6,14-15H2,1-5H3,(H,28,29)/t21-,22+,24+,25-/m1/s1. The Morgan fingerprint density at radius 3 is 2.45 bits per heavy atom. The van der Waals surface area contributed by atoms with E-state index in [1.165, 1.54) is 5.56 Å². The summed E-state index contributed by atoms with van der Waals surface area (Å²) in [5.74, 6) is 0.989. The summed E-state index contributed by atoms with van der Waals surface area (Å²) in [5.41, 5.74) is 1.57. The largest absolute Gasteiger partial charge is 0.494 e. The second kappa shape index (κ2) is 9.26. The minimum Gasteiger partial charge on any atom is -0.494 e. The molecule has 0 radical (unpaired) electrons. The first-order chi connectivity index (χ1) is 15.7. The Morgan fingerprint density at radius 1 is 1.12 bits per heavy atom. The minimum atomic E-state index is -0.873. The van der Waals surface area contributed by atoms with Gasteiger partial charge in [-0.25, -0.2) is 0 Å². The molecule has 0 unspecified atom stereocenters. The summed E-state index contributed by atoms with van der Waals surface area (Å²) in [6, 6.07) is 13.7. The van der Waals surface area contributed by atoms with Crippen molar-refractivity contribution in [2.24, 2.45) is 11.8 Å². The predicted molar refractivity (Wildman–Crippen MR) is 125 cm³/mol. The molecule has 2 heterocycles. The average molecular weight is 455 g/mol. The number of ether oxygens (including phenoxy) is 4. The molecule has 0 saturated carbocycles. The molecule has 0 aromatic heterocycles. The summed E-state index contributed by atoms with van der Waals surface area (Å²) in [6.07, 6.45) is -0.422. The van der Waals surface area contributed by atoms with Gasteiger partial charge < -0.3 is 24.1 Å². The van der Waals surface area contributed by atoms with Gasteiger partial charge in [0.25, 0.3) is 0 Å². The van der Waals surface area contributed by atoms with Crippen LogP contribution in [0.4, 0.5) is 0 Å². The van der Waals surface area contributed by atoms with E-state index in [0.29, 0.717) is 24.7 Å². The predicted octanol–water partition coefficient (Wildman–Crippen LogP) is 5.61. The molecule has 2 aliphatic rings. The Morgan fingerprint density at radius 2 is 1.82 bits per heavy atom. The van der Waals surface area contributed by atoms with Crippen molar-refractivity contribution < 1.29 is 28.8 Å². The fourth-order valence-electron chi connectivity index (χ4n) is 4.87. The van der Waals surface area contributed by atoms with Gasteiger partial charge in [-0.15, -0.1) is 0 Å². The van der Waals surface area contributed by atoms with Gasteiger partial charge in [0.1, 0.15) is 35.6 Å². The van der Waals surface area contributed by atoms with Crippen molar-refractivity contribution in [2.75, 3.05) is 13.2 Å². The van der Waals surface area contributed by atoms with Crippen LogP contribution < -0.4 is 14.2 Å². The summed E-state index contributed by atoms with van der Waals surface area (Å²) in [7, 11) is 0. The van der Waals surface area contributed by atoms with E-state index in [0.717, 1.165) is 17.1 Å². The maximum absolute atomic E-state index is 12.2. The molecule has 6 heteroatoms. The topological polar surface area (TPSA) is 74.2 Å². The molecule has 0 bridgehead atoms. The first-order valence-electron chi connectivity index (χ1n) is 11.8. The zero-order valence-corrected chi connectivity index (χ0v) is 20.0. The van der Waals surface area contributed by atoms with Crippen LogP contribution in [-0.4, -0.2) is 36.0 Å². The lowest BCUT2D eigenvalue weighted by atomic mass is 9.72. The van der Waals surface area contributed by atoms with E-state index in [9.17, 15) is 9.90 Å². The second-order valence-electron chi connectivity index (χ2n) is 9.75. The quantitative estimate of drug-likeness (QED) is 0.587. The van der Waals surface area contributed by atoms with Gasteiger partial charge in [-0.1, -0.05) is 26.0 Å². The van der Waals surface area contributed by atoms with E-state index < -0.39 is 23.6 Å². The monoisotopic (exact) mass is 454 g/mol. The summed E-state index contributed by atoms with van der Waals surface area (Å²) in [6.45, 7) is 11.0. The van der Waals surface area contributed by atoms with Crippen LogP contribution in [0, 0.1) is 11.8 Å². The summed E-state index contributed by atoms with van der Waals surface area (Å²) in [5, 5.41) is 9.98. The van der Waals surface area contributed by atoms with E-state index in [-0.39, 0.29) is 18.6 Å². The van der Waals surface area contributed by atoms with Crippen molar-refractivity contribution in [2.45, 2.75) is 64.8 Å². The number of hydrogen-bond acceptors (Lipinski definition) is 5. The third kappa shape index (κ3) is 4.81. The number of fused-ring (bicyclic) bond motifs is 3. The smallest absolute Gasteiger partial charge is 0.309 e. The second-order valence-corrected chi connectivity index (χ2v) is 9.75. The van der Waals surface area contributed by atoms with Gasteiger partial charge in [0.15, 0.2) is 0 Å². The molecule has 4 rings (SSSR count). The van der Waals surface area contributed by atoms with Crippen LogP contribution in [0.2, 0.25) is 0 Å². The highest BCUT2D eigenvalue weighted by Crippen LogP contribution is 2.52. The SMILES string of the molecule is CCOc1ccc2c(c1)[C@H]1O[C@@H](COc3ccc(C(C)C)cc3)[C@H](C(=O)O)C[C@@H]1C(C)(C)O2. The Labute approximate surface area is 195 Å². The molecule has 0 amide bonds. The number of carboxylic acids is 1. The first-order valence-corrected chi connectivity index (χ1v) is 11.8. The van der Waals surface area contributed by atoms with Gasteiger partial charge in [-0.2, -0.15) is 0 Å². The van der Waals surface area contributed by atoms with Gasteiger partial charge in [0, 0.05) is 11.5 Å². The van der Waals surface area contributed by atoms with Crippen molar-refractivity contribution >= 4 is 5.97 Å². The van der Waals surface area contributed by atoms with Crippen molar-refractivity contribution in [3.63, 3.8) is 0 Å². The lowest BCUT2D eigenvalue weighted by molar-refractivity contribution is -0.192. The number of rotatable bonds is 7. The number of hydrogen-bond donors (Lipinski definition) is 1. The van der Waals surface area contributed by atoms with Crippen LogP contribution in [0.1, 0.15) is 64.2 Å². The molecule has 6 nitrogen and oxygen atoms in total. The molecular formula is C27H34O6. The first kappa shape index (κ1) is 23.4. The number of carboxylic acid groups (broad SMARTS) is 1. The molecule has 2 aliphatic heterocycles. The van der Waals surface area contributed by atoms with E-state index in [4.69, 9.17) is 18.9 Å². The van der Waals surface area contributed by atoms with E-state index in [1.54, 1.807) is 0 Å². The Bertz CT molecular complexity index is 981. The minimum absolute atomic E-state index is 0.107. The number of aliphatic carboxylic acids is 1. The highest BCUT2D eigenvalue weighted by Gasteiger charge is 2.52. The highest BCUT2D eigenvalue weighted by atomic mass is 16.6. The normalized spacial score (nSPS) is 25.5. The molecule has 33 heavy (non-hydrogen) atoms. The van der Waals surface area contributed by atoms with Gasteiger partial charge in [0.2, 0.25) is 0 Å². The molecule has 178 valence electrons. The zero-order chi connectivity index (χ0) is 23.8. The lowest BCUT2D eigenvalue weighted by Gasteiger charge is -2.50. The van der Waals surface area contributed by atoms with Gasteiger partial charge >= 0.3 is 5.97 Å². The third-order valence-electron chi connectivity index (χ3n) is 6.79. The molecule has 1 N–H and O–H groups in total. The molecule has 2 aromatic rings. The Kier molecular flexibility index (Phi) is 6.57. The summed E-state index contributed by atoms with van der Waals surface area (Å²) >= 11 is 0. The Hall–Kier alpha value is -2.73. The molecule has 0 spiro atoms. The maximum Gasteiger partial charge on any atom is 0.309 e. The lowest BCUT2D eigenvalue weighted by Crippen LogP contribution is -2.53. The van der Waals surface area contributed by atoms with Crippen LogP contribution in [0.15, 0.2) is 42.5 Å². The fraction of sp³-hybridized carbons (Fsp3) is 0.519. The molecule has 2 aromatic carbocycles. The summed E-state index contributed by atoms with van der Waals surface area (Å²) in [4.78, 5) is 12.2. The van der Waals surface area contributed by atoms with Gasteiger partial charge in [-0.05, 0) is 69.0 Å². The van der Waals surface area contributed by atoms with Crippen LogP contribution >= 0.6 is 0 Å². The van der Waals surface area contributed by atoms with Crippen molar-refractivity contribution in [3.05, 3.63) is 53.6 Å². The summed E-state index contributed by atoms with van der Waals surface area (Å²) < 4.78 is 24.5. The van der Waals surface area contributed by atoms with Crippen molar-refractivity contribution in [1.29, 1.82) is 0 Å². The maximum atomic E-state index is 12.2. The number of benzene rings is 2. The van der Waals surface area contributed by atoms with Crippen LogP contribution in [0.3, 0.4) is 0 Å². The molecule has 1 saturated heterocycles. The van der Waals surface area contributed by atoms with Crippen LogP contribution in [0.5, 0.6) is 17.2 Å². The fourth-order valence-corrected chi connectivity index (χ4v) is 4.87. The number of carbonyl (C=O) groups is 1. The van der Waals surface area contributed by atoms with Crippen LogP contribution in [-0.2, 0) is 9.53 Å². The van der Waals surface area contributed by atoms with Crippen molar-refractivity contribution in [3.8, 4) is 17.2 Å². The zero-order valence-electron chi connectivity index (χ0n) is 20.0. The Balaban J connectivity index is 1.58. The molecule has 1 fully saturated rings. The van der Waals surface area contributed by atoms with Gasteiger partial charge in [0.05, 0.1) is 18.6 Å².